The van der Waals surface area contributed by atoms with E-state index in [-0.39, 0.29) is 29.1 Å². The van der Waals surface area contributed by atoms with Gasteiger partial charge in [-0.05, 0) is 24.6 Å². The predicted molar refractivity (Wildman–Crippen MR) is 120 cm³/mol. The molecule has 0 saturated carbocycles. The Balaban J connectivity index is 1.92. The number of benzene rings is 2. The van der Waals surface area contributed by atoms with Crippen molar-refractivity contribution in [3.05, 3.63) is 77.0 Å². The molecule has 11 heteroatoms. The van der Waals surface area contributed by atoms with Crippen molar-refractivity contribution in [2.75, 3.05) is 24.2 Å². The molecule has 0 spiro atoms. The number of ether oxygens (including phenoxy) is 2. The lowest BCUT2D eigenvalue weighted by Gasteiger charge is -2.29. The van der Waals surface area contributed by atoms with E-state index in [2.05, 4.69) is 15.4 Å². The Labute approximate surface area is 191 Å². The van der Waals surface area contributed by atoms with Crippen LogP contribution in [0.3, 0.4) is 0 Å². The number of amides is 2. The minimum atomic E-state index is -3.63. The van der Waals surface area contributed by atoms with Crippen LogP contribution in [0.2, 0.25) is 0 Å². The average Bonchev–Trinajstić information content (AvgIpc) is 2.77. The number of sulfonamides is 1. The van der Waals surface area contributed by atoms with Crippen molar-refractivity contribution in [1.82, 2.24) is 10.6 Å². The van der Waals surface area contributed by atoms with Gasteiger partial charge in [0.05, 0.1) is 41.4 Å². The molecule has 0 bridgehead atoms. The summed E-state index contributed by atoms with van der Waals surface area (Å²) in [6, 6.07) is 13.3. The molecule has 174 valence electrons. The molecule has 33 heavy (non-hydrogen) atoms. The van der Waals surface area contributed by atoms with Gasteiger partial charge in [-0.1, -0.05) is 42.5 Å². The molecule has 0 radical (unpaired) electrons. The van der Waals surface area contributed by atoms with E-state index in [1.165, 1.54) is 12.1 Å². The summed E-state index contributed by atoms with van der Waals surface area (Å²) in [6.45, 7) is 1.31. The molecule has 1 atom stereocenters. The van der Waals surface area contributed by atoms with Crippen molar-refractivity contribution in [2.45, 2.75) is 13.0 Å². The van der Waals surface area contributed by atoms with E-state index >= 15 is 0 Å². The van der Waals surface area contributed by atoms with Gasteiger partial charge >= 0.3 is 18.0 Å². The van der Waals surface area contributed by atoms with E-state index < -0.39 is 40.6 Å². The standard InChI is InChI=1S/C22H23N3O7S/c1-3-31-21(27)18-17(23-22(28)24-19(18)14-9-5-4-6-10-14)13-32-20(26)15-11-7-8-12-16(15)25-33(2,29)30/h4-12,19,25H,3,13H2,1-2H3,(H2,23,24,28)/t19-/m1/s1. The van der Waals surface area contributed by atoms with Gasteiger partial charge < -0.3 is 20.1 Å². The fraction of sp³-hybridized carbons (Fsp3) is 0.227. The number of para-hydroxylation sites is 1. The molecule has 3 rings (SSSR count). The van der Waals surface area contributed by atoms with Crippen molar-refractivity contribution < 1.29 is 32.3 Å². The maximum Gasteiger partial charge on any atom is 0.340 e. The zero-order valence-electron chi connectivity index (χ0n) is 18.0. The van der Waals surface area contributed by atoms with Crippen LogP contribution in [0.5, 0.6) is 0 Å². The fourth-order valence-electron chi connectivity index (χ4n) is 3.24. The van der Waals surface area contributed by atoms with Crippen molar-refractivity contribution in [3.8, 4) is 0 Å². The molecular weight excluding hydrogens is 450 g/mol. The summed E-state index contributed by atoms with van der Waals surface area (Å²) in [5.41, 5.74) is 0.815. The van der Waals surface area contributed by atoms with E-state index in [1.54, 1.807) is 49.4 Å². The minimum Gasteiger partial charge on any atom is -0.463 e. The number of carbonyl (C=O) groups excluding carboxylic acids is 3. The van der Waals surface area contributed by atoms with Crippen molar-refractivity contribution in [1.29, 1.82) is 0 Å². The van der Waals surface area contributed by atoms with Crippen LogP contribution in [0.15, 0.2) is 65.9 Å². The normalized spacial score (nSPS) is 15.8. The van der Waals surface area contributed by atoms with E-state index in [9.17, 15) is 22.8 Å². The zero-order valence-corrected chi connectivity index (χ0v) is 18.8. The molecule has 1 heterocycles. The van der Waals surface area contributed by atoms with Crippen LogP contribution in [0.4, 0.5) is 10.5 Å². The van der Waals surface area contributed by atoms with Crippen LogP contribution in [-0.4, -0.2) is 45.9 Å². The van der Waals surface area contributed by atoms with E-state index in [4.69, 9.17) is 9.47 Å². The first-order valence-corrected chi connectivity index (χ1v) is 11.8. The van der Waals surface area contributed by atoms with Crippen LogP contribution in [-0.2, 0) is 24.3 Å². The number of anilines is 1. The van der Waals surface area contributed by atoms with Gasteiger partial charge in [0.15, 0.2) is 0 Å². The number of nitrogens with one attached hydrogen (secondary N) is 3. The number of rotatable bonds is 8. The Hall–Kier alpha value is -3.86. The van der Waals surface area contributed by atoms with Crippen LogP contribution >= 0.6 is 0 Å². The van der Waals surface area contributed by atoms with Gasteiger partial charge in [-0.2, -0.15) is 0 Å². The molecule has 10 nitrogen and oxygen atoms in total. The maximum absolute atomic E-state index is 12.7. The Bertz CT molecular complexity index is 1190. The van der Waals surface area contributed by atoms with Crippen LogP contribution in [0.1, 0.15) is 28.9 Å². The second-order valence-corrected chi connectivity index (χ2v) is 8.80. The number of hydrogen-bond acceptors (Lipinski definition) is 7. The summed E-state index contributed by atoms with van der Waals surface area (Å²) < 4.78 is 35.9. The highest BCUT2D eigenvalue weighted by Gasteiger charge is 2.34. The van der Waals surface area contributed by atoms with Gasteiger partial charge in [-0.15, -0.1) is 0 Å². The second-order valence-electron chi connectivity index (χ2n) is 7.05. The van der Waals surface area contributed by atoms with Gasteiger partial charge in [0.2, 0.25) is 10.0 Å². The van der Waals surface area contributed by atoms with Crippen LogP contribution in [0, 0.1) is 0 Å². The number of hydrogen-bond donors (Lipinski definition) is 3. The first kappa shape index (κ1) is 23.8. The largest absolute Gasteiger partial charge is 0.463 e. The highest BCUT2D eigenvalue weighted by Crippen LogP contribution is 2.28. The maximum atomic E-state index is 12.7. The number of carbonyl (C=O) groups is 3. The third kappa shape index (κ3) is 6.10. The predicted octanol–water partition coefficient (Wildman–Crippen LogP) is 2.09. The summed E-state index contributed by atoms with van der Waals surface area (Å²) >= 11 is 0. The Morgan fingerprint density at radius 1 is 1.00 bits per heavy atom. The SMILES string of the molecule is CCOC(=O)C1=C(COC(=O)c2ccccc2NS(C)(=O)=O)NC(=O)N[C@@H]1c1ccccc1. The lowest BCUT2D eigenvalue weighted by molar-refractivity contribution is -0.139. The highest BCUT2D eigenvalue weighted by atomic mass is 32.2. The van der Waals surface area contributed by atoms with Gasteiger partial charge in [0.1, 0.15) is 6.61 Å². The van der Waals surface area contributed by atoms with Crippen molar-refractivity contribution >= 4 is 33.7 Å². The molecule has 2 aromatic carbocycles. The van der Waals surface area contributed by atoms with Crippen molar-refractivity contribution in [2.24, 2.45) is 0 Å². The second kappa shape index (κ2) is 10.2. The number of urea groups is 1. The topological polar surface area (TPSA) is 140 Å². The van der Waals surface area contributed by atoms with E-state index in [1.807, 2.05) is 0 Å². The monoisotopic (exact) mass is 473 g/mol. The summed E-state index contributed by atoms with van der Waals surface area (Å²) in [4.78, 5) is 37.7. The molecule has 3 N–H and O–H groups in total. The quantitative estimate of drug-likeness (QED) is 0.499. The first-order chi connectivity index (χ1) is 15.7. The number of esters is 2. The lowest BCUT2D eigenvalue weighted by Crippen LogP contribution is -2.47. The Kier molecular flexibility index (Phi) is 7.34. The molecular formula is C22H23N3O7S. The van der Waals surface area contributed by atoms with Crippen molar-refractivity contribution in [3.63, 3.8) is 0 Å². The van der Waals surface area contributed by atoms with E-state index in [0.29, 0.717) is 5.56 Å². The third-order valence-electron chi connectivity index (χ3n) is 4.57. The molecule has 0 aromatic heterocycles. The average molecular weight is 474 g/mol. The fourth-order valence-corrected chi connectivity index (χ4v) is 3.82. The zero-order chi connectivity index (χ0) is 24.0. The molecule has 0 aliphatic carbocycles. The van der Waals surface area contributed by atoms with Crippen LogP contribution < -0.4 is 15.4 Å². The summed E-state index contributed by atoms with van der Waals surface area (Å²) in [7, 11) is -3.63. The molecule has 2 amide bonds. The Morgan fingerprint density at radius 3 is 2.33 bits per heavy atom. The molecule has 0 unspecified atom stereocenters. The minimum absolute atomic E-state index is 0.0268. The molecule has 1 aliphatic rings. The Morgan fingerprint density at radius 2 is 1.67 bits per heavy atom. The summed E-state index contributed by atoms with van der Waals surface area (Å²) in [5, 5.41) is 5.19. The molecule has 0 fully saturated rings. The molecule has 2 aromatic rings. The van der Waals surface area contributed by atoms with Crippen LogP contribution in [0.25, 0.3) is 0 Å². The third-order valence-corrected chi connectivity index (χ3v) is 5.16. The molecule has 1 aliphatic heterocycles. The van der Waals surface area contributed by atoms with Gasteiger partial charge in [0.25, 0.3) is 0 Å². The van der Waals surface area contributed by atoms with Gasteiger partial charge in [0, 0.05) is 0 Å². The lowest BCUT2D eigenvalue weighted by atomic mass is 9.95. The summed E-state index contributed by atoms with van der Waals surface area (Å²) in [6.07, 6.45) is 0.958. The van der Waals surface area contributed by atoms with Gasteiger partial charge in [-0.25, -0.2) is 22.8 Å². The first-order valence-electron chi connectivity index (χ1n) is 9.96. The van der Waals surface area contributed by atoms with Gasteiger partial charge in [-0.3, -0.25) is 4.72 Å². The highest BCUT2D eigenvalue weighted by molar-refractivity contribution is 7.92. The van der Waals surface area contributed by atoms with E-state index in [0.717, 1.165) is 6.26 Å². The smallest absolute Gasteiger partial charge is 0.340 e. The molecule has 0 saturated heterocycles. The summed E-state index contributed by atoms with van der Waals surface area (Å²) in [5.74, 6) is -1.52.